The Hall–Kier alpha value is -2.37. The molecule has 0 aliphatic carbocycles. The molecule has 0 fully saturated rings. The summed E-state index contributed by atoms with van der Waals surface area (Å²) in [5.74, 6) is -1.50. The average molecular weight is 304 g/mol. The van der Waals surface area contributed by atoms with Crippen LogP contribution < -0.4 is 10.6 Å². The first kappa shape index (κ1) is 16.0. The van der Waals surface area contributed by atoms with E-state index in [1.807, 2.05) is 6.92 Å². The Morgan fingerprint density at radius 2 is 2.09 bits per heavy atom. The van der Waals surface area contributed by atoms with Gasteiger partial charge in [-0.25, -0.2) is 4.79 Å². The lowest BCUT2D eigenvalue weighted by Gasteiger charge is -2.26. The van der Waals surface area contributed by atoms with Gasteiger partial charge in [-0.15, -0.1) is 0 Å². The standard InChI is InChI=1S/C16H20N2O4/c1-3-8-16(2,15(21)22)18-14(20)11-4-6-12-10(9-11)5-7-13(19)17-12/h4,6,9H,3,5,7-8H2,1-2H3,(H,17,19)(H,18,20)(H,21,22). The first-order valence-corrected chi connectivity index (χ1v) is 7.34. The van der Waals surface area contributed by atoms with Crippen LogP contribution in [0.25, 0.3) is 0 Å². The molecule has 1 aromatic carbocycles. The number of aliphatic carboxylic acids is 1. The lowest BCUT2D eigenvalue weighted by Crippen LogP contribution is -2.52. The van der Waals surface area contributed by atoms with Gasteiger partial charge in [-0.3, -0.25) is 9.59 Å². The van der Waals surface area contributed by atoms with E-state index in [0.29, 0.717) is 36.9 Å². The number of nitrogens with one attached hydrogen (secondary N) is 2. The molecule has 0 spiro atoms. The van der Waals surface area contributed by atoms with Crippen molar-refractivity contribution < 1.29 is 19.5 Å². The molecular weight excluding hydrogens is 284 g/mol. The Morgan fingerprint density at radius 3 is 2.73 bits per heavy atom. The normalized spacial score (nSPS) is 16.2. The number of hydrogen-bond donors (Lipinski definition) is 3. The smallest absolute Gasteiger partial charge is 0.329 e. The number of carbonyl (C=O) groups excluding carboxylic acids is 2. The van der Waals surface area contributed by atoms with Gasteiger partial charge in [0.05, 0.1) is 0 Å². The zero-order valence-corrected chi connectivity index (χ0v) is 12.7. The fourth-order valence-electron chi connectivity index (χ4n) is 2.57. The molecule has 1 atom stereocenters. The highest BCUT2D eigenvalue weighted by Crippen LogP contribution is 2.24. The Balaban J connectivity index is 2.19. The van der Waals surface area contributed by atoms with E-state index in [9.17, 15) is 19.5 Å². The summed E-state index contributed by atoms with van der Waals surface area (Å²) in [6.45, 7) is 3.38. The van der Waals surface area contributed by atoms with Crippen LogP contribution in [0.4, 0.5) is 5.69 Å². The predicted octanol–water partition coefficient (Wildman–Crippen LogP) is 1.94. The summed E-state index contributed by atoms with van der Waals surface area (Å²) in [6.07, 6.45) is 1.97. The molecule has 1 unspecified atom stereocenters. The Bertz CT molecular complexity index is 627. The molecule has 1 aromatic rings. The van der Waals surface area contributed by atoms with E-state index in [2.05, 4.69) is 10.6 Å². The van der Waals surface area contributed by atoms with Crippen LogP contribution in [0.3, 0.4) is 0 Å². The van der Waals surface area contributed by atoms with E-state index in [1.54, 1.807) is 18.2 Å². The molecule has 1 aliphatic rings. The van der Waals surface area contributed by atoms with Crippen molar-refractivity contribution in [3.63, 3.8) is 0 Å². The quantitative estimate of drug-likeness (QED) is 0.774. The number of benzene rings is 1. The van der Waals surface area contributed by atoms with Gasteiger partial charge in [0.25, 0.3) is 5.91 Å². The van der Waals surface area contributed by atoms with Crippen LogP contribution in [0.2, 0.25) is 0 Å². The van der Waals surface area contributed by atoms with Crippen molar-refractivity contribution >= 4 is 23.5 Å². The van der Waals surface area contributed by atoms with Crippen LogP contribution in [0.1, 0.15) is 49.0 Å². The van der Waals surface area contributed by atoms with Gasteiger partial charge in [0.2, 0.25) is 5.91 Å². The van der Waals surface area contributed by atoms with E-state index in [4.69, 9.17) is 0 Å². The molecule has 0 saturated heterocycles. The van der Waals surface area contributed by atoms with Crippen molar-refractivity contribution in [1.82, 2.24) is 5.32 Å². The number of carboxylic acids is 1. The Morgan fingerprint density at radius 1 is 1.36 bits per heavy atom. The third-order valence-corrected chi connectivity index (χ3v) is 3.87. The fourth-order valence-corrected chi connectivity index (χ4v) is 2.57. The molecule has 6 heteroatoms. The van der Waals surface area contributed by atoms with Crippen molar-refractivity contribution in [3.05, 3.63) is 29.3 Å². The molecule has 2 rings (SSSR count). The Kier molecular flexibility index (Phi) is 4.49. The molecule has 22 heavy (non-hydrogen) atoms. The molecule has 0 radical (unpaired) electrons. The number of hydrogen-bond acceptors (Lipinski definition) is 3. The summed E-state index contributed by atoms with van der Waals surface area (Å²) in [6, 6.07) is 4.98. The van der Waals surface area contributed by atoms with E-state index in [-0.39, 0.29) is 5.91 Å². The van der Waals surface area contributed by atoms with Gasteiger partial charge in [-0.05, 0) is 43.5 Å². The molecule has 6 nitrogen and oxygen atoms in total. The van der Waals surface area contributed by atoms with Gasteiger partial charge in [0.15, 0.2) is 0 Å². The van der Waals surface area contributed by atoms with Crippen molar-refractivity contribution in [2.24, 2.45) is 0 Å². The second-order valence-electron chi connectivity index (χ2n) is 5.76. The maximum Gasteiger partial charge on any atom is 0.329 e. The summed E-state index contributed by atoms with van der Waals surface area (Å²) >= 11 is 0. The largest absolute Gasteiger partial charge is 0.480 e. The number of anilines is 1. The van der Waals surface area contributed by atoms with Crippen molar-refractivity contribution in [1.29, 1.82) is 0 Å². The van der Waals surface area contributed by atoms with Crippen molar-refractivity contribution in [3.8, 4) is 0 Å². The summed E-state index contributed by atoms with van der Waals surface area (Å²) < 4.78 is 0. The molecule has 118 valence electrons. The third kappa shape index (κ3) is 3.27. The lowest BCUT2D eigenvalue weighted by atomic mass is 9.95. The number of aryl methyl sites for hydroxylation is 1. The summed E-state index contributed by atoms with van der Waals surface area (Å²) in [7, 11) is 0. The number of carbonyl (C=O) groups is 3. The number of carboxylic acid groups (broad SMARTS) is 1. The summed E-state index contributed by atoms with van der Waals surface area (Å²) in [5.41, 5.74) is 0.719. The first-order valence-electron chi connectivity index (χ1n) is 7.34. The highest BCUT2D eigenvalue weighted by Gasteiger charge is 2.34. The average Bonchev–Trinajstić information content (AvgIpc) is 2.46. The number of fused-ring (bicyclic) bond motifs is 1. The summed E-state index contributed by atoms with van der Waals surface area (Å²) in [4.78, 5) is 35.0. The van der Waals surface area contributed by atoms with Gasteiger partial charge in [-0.1, -0.05) is 13.3 Å². The fraction of sp³-hybridized carbons (Fsp3) is 0.438. The maximum absolute atomic E-state index is 12.3. The SMILES string of the molecule is CCCC(C)(NC(=O)c1ccc2c(c1)CCC(=O)N2)C(=O)O. The van der Waals surface area contributed by atoms with E-state index in [1.165, 1.54) is 6.92 Å². The van der Waals surface area contributed by atoms with Crippen LogP contribution in [-0.2, 0) is 16.0 Å². The van der Waals surface area contributed by atoms with Crippen LogP contribution in [-0.4, -0.2) is 28.4 Å². The van der Waals surface area contributed by atoms with Crippen molar-refractivity contribution in [2.45, 2.75) is 45.1 Å². The van der Waals surface area contributed by atoms with Crippen LogP contribution >= 0.6 is 0 Å². The first-order chi connectivity index (χ1) is 10.4. The number of amides is 2. The highest BCUT2D eigenvalue weighted by atomic mass is 16.4. The van der Waals surface area contributed by atoms with Gasteiger partial charge in [0, 0.05) is 17.7 Å². The molecule has 3 N–H and O–H groups in total. The van der Waals surface area contributed by atoms with Gasteiger partial charge >= 0.3 is 5.97 Å². The molecule has 0 aromatic heterocycles. The minimum atomic E-state index is -1.28. The Labute approximate surface area is 128 Å². The van der Waals surface area contributed by atoms with Gasteiger partial charge in [-0.2, -0.15) is 0 Å². The van der Waals surface area contributed by atoms with Crippen molar-refractivity contribution in [2.75, 3.05) is 5.32 Å². The predicted molar refractivity (Wildman–Crippen MR) is 81.8 cm³/mol. The molecule has 1 heterocycles. The van der Waals surface area contributed by atoms with Crippen LogP contribution in [0, 0.1) is 0 Å². The summed E-state index contributed by atoms with van der Waals surface area (Å²) in [5, 5.41) is 14.7. The lowest BCUT2D eigenvalue weighted by molar-refractivity contribution is -0.144. The van der Waals surface area contributed by atoms with E-state index < -0.39 is 17.4 Å². The second-order valence-corrected chi connectivity index (χ2v) is 5.76. The zero-order valence-electron chi connectivity index (χ0n) is 12.7. The minimum Gasteiger partial charge on any atom is -0.480 e. The third-order valence-electron chi connectivity index (χ3n) is 3.87. The molecule has 0 bridgehead atoms. The molecule has 0 saturated carbocycles. The van der Waals surface area contributed by atoms with Gasteiger partial charge in [0.1, 0.15) is 5.54 Å². The number of rotatable bonds is 5. The molecule has 2 amide bonds. The van der Waals surface area contributed by atoms with Crippen LogP contribution in [0.5, 0.6) is 0 Å². The monoisotopic (exact) mass is 304 g/mol. The van der Waals surface area contributed by atoms with Gasteiger partial charge < -0.3 is 15.7 Å². The van der Waals surface area contributed by atoms with E-state index >= 15 is 0 Å². The molecule has 1 aliphatic heterocycles. The topological polar surface area (TPSA) is 95.5 Å². The van der Waals surface area contributed by atoms with E-state index in [0.717, 1.165) is 5.56 Å². The molecular formula is C16H20N2O4. The van der Waals surface area contributed by atoms with Crippen LogP contribution in [0.15, 0.2) is 18.2 Å². The zero-order chi connectivity index (χ0) is 16.3. The second kappa shape index (κ2) is 6.17. The highest BCUT2D eigenvalue weighted by molar-refractivity contribution is 5.99. The minimum absolute atomic E-state index is 0.0360. The maximum atomic E-state index is 12.3.